The van der Waals surface area contributed by atoms with Gasteiger partial charge in [-0.05, 0) is 12.0 Å². The van der Waals surface area contributed by atoms with Gasteiger partial charge in [0.25, 0.3) is 0 Å². The summed E-state index contributed by atoms with van der Waals surface area (Å²) in [6.45, 7) is 6.80. The highest BCUT2D eigenvalue weighted by atomic mass is 28.3. The van der Waals surface area contributed by atoms with Gasteiger partial charge >= 0.3 is 5.97 Å². The quantitative estimate of drug-likeness (QED) is 0.773. The van der Waals surface area contributed by atoms with Gasteiger partial charge in [-0.25, -0.2) is 0 Å². The molecule has 88 valence electrons. The Kier molecular flexibility index (Phi) is 3.88. The van der Waals surface area contributed by atoms with Crippen molar-refractivity contribution in [3.63, 3.8) is 0 Å². The van der Waals surface area contributed by atoms with E-state index in [1.807, 2.05) is 12.1 Å². The summed E-state index contributed by atoms with van der Waals surface area (Å²) in [7, 11) is -1.33. The zero-order valence-electron chi connectivity index (χ0n) is 10.0. The summed E-state index contributed by atoms with van der Waals surface area (Å²) in [5, 5.41) is 10.1. The fraction of sp³-hybridized carbons (Fsp3) is 0.417. The Morgan fingerprint density at radius 2 is 2.06 bits per heavy atom. The molecule has 0 aliphatic rings. The molecular formula is C12H19NO2Si. The second kappa shape index (κ2) is 4.80. The first-order chi connectivity index (χ1) is 7.30. The molecule has 0 saturated heterocycles. The third kappa shape index (κ3) is 3.47. The van der Waals surface area contributed by atoms with Crippen LogP contribution in [0.2, 0.25) is 19.6 Å². The van der Waals surface area contributed by atoms with Gasteiger partial charge in [-0.3, -0.25) is 4.79 Å². The maximum atomic E-state index is 10.7. The lowest BCUT2D eigenvalue weighted by atomic mass is 10.1. The molecule has 3 nitrogen and oxygen atoms in total. The van der Waals surface area contributed by atoms with E-state index < -0.39 is 20.1 Å². The smallest absolute Gasteiger partial charge is 0.320 e. The van der Waals surface area contributed by atoms with Crippen LogP contribution < -0.4 is 10.9 Å². The second-order valence-electron chi connectivity index (χ2n) is 5.10. The van der Waals surface area contributed by atoms with Crippen LogP contribution in [0.4, 0.5) is 0 Å². The zero-order valence-corrected chi connectivity index (χ0v) is 11.0. The van der Waals surface area contributed by atoms with E-state index in [-0.39, 0.29) is 0 Å². The first-order valence-corrected chi connectivity index (χ1v) is 8.88. The SMILES string of the molecule is C[Si](C)(C)c1cccc(C[C@H](N)C(=O)O)c1. The summed E-state index contributed by atoms with van der Waals surface area (Å²) < 4.78 is 0. The van der Waals surface area contributed by atoms with Crippen molar-refractivity contribution in [1.29, 1.82) is 0 Å². The Hall–Kier alpha value is -1.13. The van der Waals surface area contributed by atoms with Crippen molar-refractivity contribution in [2.24, 2.45) is 5.73 Å². The summed E-state index contributed by atoms with van der Waals surface area (Å²) in [5.74, 6) is -0.946. The minimum atomic E-state index is -1.33. The molecule has 0 fully saturated rings. The van der Waals surface area contributed by atoms with Gasteiger partial charge in [0.2, 0.25) is 0 Å². The summed E-state index contributed by atoms with van der Waals surface area (Å²) in [6, 6.07) is 7.32. The largest absolute Gasteiger partial charge is 0.480 e. The Bertz CT molecular complexity index is 385. The number of carboxylic acids is 1. The first-order valence-electron chi connectivity index (χ1n) is 5.38. The number of carboxylic acid groups (broad SMARTS) is 1. The van der Waals surface area contributed by atoms with Gasteiger partial charge < -0.3 is 10.8 Å². The lowest BCUT2D eigenvalue weighted by molar-refractivity contribution is -0.138. The average Bonchev–Trinajstić information content (AvgIpc) is 2.16. The van der Waals surface area contributed by atoms with Gasteiger partial charge in [0, 0.05) is 0 Å². The van der Waals surface area contributed by atoms with Crippen LogP contribution in [0.1, 0.15) is 5.56 Å². The van der Waals surface area contributed by atoms with E-state index in [1.165, 1.54) is 5.19 Å². The Morgan fingerprint density at radius 3 is 2.56 bits per heavy atom. The monoisotopic (exact) mass is 237 g/mol. The molecular weight excluding hydrogens is 218 g/mol. The molecule has 0 spiro atoms. The van der Waals surface area contributed by atoms with Gasteiger partial charge in [-0.1, -0.05) is 49.1 Å². The van der Waals surface area contributed by atoms with Crippen LogP contribution in [0, 0.1) is 0 Å². The molecule has 1 aromatic carbocycles. The maximum Gasteiger partial charge on any atom is 0.320 e. The van der Waals surface area contributed by atoms with Gasteiger partial charge in [0.1, 0.15) is 6.04 Å². The molecule has 16 heavy (non-hydrogen) atoms. The number of aliphatic carboxylic acids is 1. The van der Waals surface area contributed by atoms with Crippen LogP contribution >= 0.6 is 0 Å². The minimum absolute atomic E-state index is 0.396. The normalized spacial score (nSPS) is 13.5. The van der Waals surface area contributed by atoms with E-state index in [0.29, 0.717) is 6.42 Å². The van der Waals surface area contributed by atoms with Crippen molar-refractivity contribution in [2.75, 3.05) is 0 Å². The van der Waals surface area contributed by atoms with E-state index in [9.17, 15) is 4.79 Å². The fourth-order valence-electron chi connectivity index (χ4n) is 1.51. The molecule has 0 aliphatic heterocycles. The van der Waals surface area contributed by atoms with Crippen LogP contribution in [0.15, 0.2) is 24.3 Å². The zero-order chi connectivity index (χ0) is 12.3. The molecule has 0 aromatic heterocycles. The van der Waals surface area contributed by atoms with Crippen molar-refractivity contribution in [3.8, 4) is 0 Å². The standard InChI is InChI=1S/C12H19NO2Si/c1-16(2,3)10-6-4-5-9(7-10)8-11(13)12(14)15/h4-7,11H,8,13H2,1-3H3,(H,14,15)/t11-/m0/s1. The van der Waals surface area contributed by atoms with E-state index in [2.05, 4.69) is 31.8 Å². The molecule has 0 heterocycles. The number of hydrogen-bond acceptors (Lipinski definition) is 2. The second-order valence-corrected chi connectivity index (χ2v) is 10.2. The van der Waals surface area contributed by atoms with Crippen LogP contribution in [0.5, 0.6) is 0 Å². The molecule has 0 amide bonds. The van der Waals surface area contributed by atoms with Crippen LogP contribution in [-0.4, -0.2) is 25.2 Å². The van der Waals surface area contributed by atoms with Crippen molar-refractivity contribution in [1.82, 2.24) is 0 Å². The molecule has 1 rings (SSSR count). The van der Waals surface area contributed by atoms with Crippen molar-refractivity contribution in [3.05, 3.63) is 29.8 Å². The average molecular weight is 237 g/mol. The van der Waals surface area contributed by atoms with Gasteiger partial charge in [-0.15, -0.1) is 0 Å². The molecule has 1 aromatic rings. The van der Waals surface area contributed by atoms with Crippen molar-refractivity contribution in [2.45, 2.75) is 32.1 Å². The molecule has 0 saturated carbocycles. The van der Waals surface area contributed by atoms with E-state index >= 15 is 0 Å². The summed E-state index contributed by atoms with van der Waals surface area (Å²) >= 11 is 0. The van der Waals surface area contributed by atoms with E-state index in [0.717, 1.165) is 5.56 Å². The van der Waals surface area contributed by atoms with Gasteiger partial charge in [0.15, 0.2) is 0 Å². The highest BCUT2D eigenvalue weighted by Gasteiger charge is 2.17. The van der Waals surface area contributed by atoms with Gasteiger partial charge in [-0.2, -0.15) is 0 Å². The first kappa shape index (κ1) is 12.9. The van der Waals surface area contributed by atoms with Gasteiger partial charge in [0.05, 0.1) is 8.07 Å². The Labute approximate surface area is 97.3 Å². The van der Waals surface area contributed by atoms with E-state index in [4.69, 9.17) is 10.8 Å². The predicted molar refractivity (Wildman–Crippen MR) is 68.7 cm³/mol. The number of benzene rings is 1. The highest BCUT2D eigenvalue weighted by Crippen LogP contribution is 2.06. The number of carbonyl (C=O) groups is 1. The topological polar surface area (TPSA) is 63.3 Å². The number of rotatable bonds is 4. The van der Waals surface area contributed by atoms with Crippen molar-refractivity contribution < 1.29 is 9.90 Å². The molecule has 4 heteroatoms. The summed E-state index contributed by atoms with van der Waals surface area (Å²) in [4.78, 5) is 10.7. The fourth-order valence-corrected chi connectivity index (χ4v) is 2.72. The van der Waals surface area contributed by atoms with Crippen LogP contribution in [0.3, 0.4) is 0 Å². The van der Waals surface area contributed by atoms with Crippen molar-refractivity contribution >= 4 is 19.2 Å². The molecule has 1 atom stereocenters. The van der Waals surface area contributed by atoms with E-state index in [1.54, 1.807) is 0 Å². The molecule has 3 N–H and O–H groups in total. The third-order valence-electron chi connectivity index (χ3n) is 2.57. The molecule has 0 unspecified atom stereocenters. The number of nitrogens with two attached hydrogens (primary N) is 1. The molecule has 0 radical (unpaired) electrons. The van der Waals surface area contributed by atoms with Crippen LogP contribution in [-0.2, 0) is 11.2 Å². The summed E-state index contributed by atoms with van der Waals surface area (Å²) in [5.41, 5.74) is 6.53. The minimum Gasteiger partial charge on any atom is -0.480 e. The summed E-state index contributed by atoms with van der Waals surface area (Å²) in [6.07, 6.45) is 0.396. The maximum absolute atomic E-state index is 10.7. The Balaban J connectivity index is 2.87. The lowest BCUT2D eigenvalue weighted by Gasteiger charge is -2.18. The Morgan fingerprint density at radius 1 is 1.44 bits per heavy atom. The highest BCUT2D eigenvalue weighted by molar-refractivity contribution is 6.88. The van der Waals surface area contributed by atoms with Crippen LogP contribution in [0.25, 0.3) is 0 Å². The molecule has 0 aliphatic carbocycles. The molecule has 0 bridgehead atoms. The predicted octanol–water partition coefficient (Wildman–Crippen LogP) is 1.19. The lowest BCUT2D eigenvalue weighted by Crippen LogP contribution is -2.38. The number of hydrogen-bond donors (Lipinski definition) is 2. The third-order valence-corrected chi connectivity index (χ3v) is 4.61.